The Morgan fingerprint density at radius 3 is 2.11 bits per heavy atom. The molecule has 0 spiro atoms. The summed E-state index contributed by atoms with van der Waals surface area (Å²) >= 11 is 0. The lowest BCUT2D eigenvalue weighted by molar-refractivity contribution is -0.138. The highest BCUT2D eigenvalue weighted by Gasteiger charge is 2.30. The summed E-state index contributed by atoms with van der Waals surface area (Å²) in [7, 11) is 0. The summed E-state index contributed by atoms with van der Waals surface area (Å²) in [4.78, 5) is 31.4. The summed E-state index contributed by atoms with van der Waals surface area (Å²) in [5, 5.41) is 3.35. The number of nitrogens with one attached hydrogen (secondary N) is 1. The molecule has 1 N–H and O–H groups in total. The molecule has 3 rings (SSSR count). The summed E-state index contributed by atoms with van der Waals surface area (Å²) in [6, 6.07) is 0.0123. The summed E-state index contributed by atoms with van der Waals surface area (Å²) < 4.78 is 0. The van der Waals surface area contributed by atoms with E-state index in [1.165, 1.54) is 12.8 Å². The minimum atomic E-state index is 0. The molecular formula is C19H36Cl2N4O2. The Morgan fingerprint density at radius 1 is 0.926 bits per heavy atom. The van der Waals surface area contributed by atoms with Crippen LogP contribution in [0.25, 0.3) is 0 Å². The van der Waals surface area contributed by atoms with Crippen molar-refractivity contribution in [3.8, 4) is 0 Å². The average molecular weight is 423 g/mol. The highest BCUT2D eigenvalue weighted by Crippen LogP contribution is 2.21. The zero-order valence-corrected chi connectivity index (χ0v) is 18.3. The molecular weight excluding hydrogens is 387 g/mol. The number of rotatable bonds is 3. The maximum absolute atomic E-state index is 12.6. The predicted octanol–water partition coefficient (Wildman–Crippen LogP) is 1.62. The normalized spacial score (nSPS) is 29.5. The minimum Gasteiger partial charge on any atom is -0.341 e. The van der Waals surface area contributed by atoms with Crippen molar-refractivity contribution in [2.45, 2.75) is 45.6 Å². The lowest BCUT2D eigenvalue weighted by Gasteiger charge is -2.39. The molecule has 2 amide bonds. The summed E-state index contributed by atoms with van der Waals surface area (Å²) in [6.07, 6.45) is 4.50. The van der Waals surface area contributed by atoms with Crippen LogP contribution in [0.5, 0.6) is 0 Å². The van der Waals surface area contributed by atoms with E-state index in [1.54, 1.807) is 0 Å². The van der Waals surface area contributed by atoms with Gasteiger partial charge in [0.05, 0.1) is 12.6 Å². The van der Waals surface area contributed by atoms with Gasteiger partial charge >= 0.3 is 0 Å². The number of hydrogen-bond donors (Lipinski definition) is 1. The lowest BCUT2D eigenvalue weighted by Crippen LogP contribution is -2.56. The molecule has 0 radical (unpaired) electrons. The van der Waals surface area contributed by atoms with Gasteiger partial charge in [-0.15, -0.1) is 24.8 Å². The van der Waals surface area contributed by atoms with Crippen LogP contribution in [0.1, 0.15) is 39.5 Å². The monoisotopic (exact) mass is 422 g/mol. The molecule has 8 heteroatoms. The van der Waals surface area contributed by atoms with Gasteiger partial charge in [0.25, 0.3) is 0 Å². The molecule has 3 saturated heterocycles. The molecule has 27 heavy (non-hydrogen) atoms. The van der Waals surface area contributed by atoms with Crippen molar-refractivity contribution in [2.24, 2.45) is 11.8 Å². The molecule has 0 aromatic rings. The molecule has 6 nitrogen and oxygen atoms in total. The molecule has 158 valence electrons. The van der Waals surface area contributed by atoms with Crippen molar-refractivity contribution in [2.75, 3.05) is 52.4 Å². The van der Waals surface area contributed by atoms with Gasteiger partial charge in [0.15, 0.2) is 0 Å². The quantitative estimate of drug-likeness (QED) is 0.750. The molecule has 3 atom stereocenters. The smallest absolute Gasteiger partial charge is 0.239 e. The van der Waals surface area contributed by atoms with E-state index in [0.29, 0.717) is 18.4 Å². The van der Waals surface area contributed by atoms with E-state index >= 15 is 0 Å². The van der Waals surface area contributed by atoms with Crippen molar-refractivity contribution in [3.05, 3.63) is 0 Å². The first kappa shape index (κ1) is 24.5. The fraction of sp³-hybridized carbons (Fsp3) is 0.895. The number of halogens is 2. The van der Waals surface area contributed by atoms with Gasteiger partial charge in [-0.1, -0.05) is 20.3 Å². The van der Waals surface area contributed by atoms with E-state index in [-0.39, 0.29) is 42.7 Å². The second-order valence-corrected chi connectivity index (χ2v) is 8.35. The third kappa shape index (κ3) is 6.77. The maximum atomic E-state index is 12.6. The molecule has 0 aromatic carbocycles. The van der Waals surface area contributed by atoms with E-state index < -0.39 is 0 Å². The van der Waals surface area contributed by atoms with E-state index in [2.05, 4.69) is 24.1 Å². The van der Waals surface area contributed by atoms with Crippen LogP contribution in [-0.4, -0.2) is 84.9 Å². The summed E-state index contributed by atoms with van der Waals surface area (Å²) in [5.41, 5.74) is 0. The average Bonchev–Trinajstić information content (AvgIpc) is 2.61. The molecule has 3 aliphatic rings. The van der Waals surface area contributed by atoms with Gasteiger partial charge in [-0.2, -0.15) is 0 Å². The number of amides is 2. The summed E-state index contributed by atoms with van der Waals surface area (Å²) in [5.74, 6) is 1.71. The van der Waals surface area contributed by atoms with Crippen LogP contribution in [0, 0.1) is 11.8 Å². The molecule has 3 heterocycles. The Kier molecular flexibility index (Phi) is 10.4. The number of carbonyl (C=O) groups excluding carboxylic acids is 2. The number of likely N-dealkylation sites (tertiary alicyclic amines) is 1. The second kappa shape index (κ2) is 11.4. The van der Waals surface area contributed by atoms with E-state index in [9.17, 15) is 9.59 Å². The third-order valence-electron chi connectivity index (χ3n) is 5.87. The number of carbonyl (C=O) groups is 2. The largest absolute Gasteiger partial charge is 0.341 e. The van der Waals surface area contributed by atoms with Crippen molar-refractivity contribution >= 4 is 36.6 Å². The molecule has 0 aliphatic carbocycles. The van der Waals surface area contributed by atoms with Gasteiger partial charge in [0.2, 0.25) is 11.8 Å². The molecule has 3 unspecified atom stereocenters. The van der Waals surface area contributed by atoms with Crippen LogP contribution in [-0.2, 0) is 9.59 Å². The van der Waals surface area contributed by atoms with Crippen LogP contribution in [0.3, 0.4) is 0 Å². The molecule has 3 aliphatic heterocycles. The molecule has 0 bridgehead atoms. The number of nitrogens with zero attached hydrogens (tertiary/aromatic N) is 3. The Hall–Kier alpha value is -0.560. The van der Waals surface area contributed by atoms with Crippen molar-refractivity contribution in [1.82, 2.24) is 20.0 Å². The number of hydrogen-bond acceptors (Lipinski definition) is 4. The first-order chi connectivity index (χ1) is 12.0. The fourth-order valence-electron chi connectivity index (χ4n) is 4.57. The predicted molar refractivity (Wildman–Crippen MR) is 113 cm³/mol. The molecule has 0 saturated carbocycles. The van der Waals surface area contributed by atoms with Gasteiger partial charge in [-0.05, 0) is 37.6 Å². The minimum absolute atomic E-state index is 0. The maximum Gasteiger partial charge on any atom is 0.239 e. The van der Waals surface area contributed by atoms with Crippen LogP contribution in [0.15, 0.2) is 0 Å². The van der Waals surface area contributed by atoms with E-state index in [0.717, 1.165) is 58.7 Å². The van der Waals surface area contributed by atoms with E-state index in [1.807, 2.05) is 9.80 Å². The molecule has 0 aromatic heterocycles. The fourth-order valence-corrected chi connectivity index (χ4v) is 4.57. The SMILES string of the molecule is CC1CC(C)CN(C(=O)CN2CCN(C(=O)C3CCCCN3)CC2)C1.Cl.Cl. The van der Waals surface area contributed by atoms with Gasteiger partial charge < -0.3 is 15.1 Å². The first-order valence-corrected chi connectivity index (χ1v) is 10.0. The Bertz CT molecular complexity index is 470. The Morgan fingerprint density at radius 2 is 1.56 bits per heavy atom. The number of piperazine rings is 1. The van der Waals surface area contributed by atoms with Gasteiger partial charge in [-0.25, -0.2) is 0 Å². The topological polar surface area (TPSA) is 55.9 Å². The van der Waals surface area contributed by atoms with Crippen LogP contribution < -0.4 is 5.32 Å². The van der Waals surface area contributed by atoms with Crippen molar-refractivity contribution < 1.29 is 9.59 Å². The Labute approximate surface area is 176 Å². The first-order valence-electron chi connectivity index (χ1n) is 10.0. The highest BCUT2D eigenvalue weighted by molar-refractivity contribution is 5.85. The Balaban J connectivity index is 0.00000182. The standard InChI is InChI=1S/C19H34N4O2.2ClH/c1-15-11-16(2)13-23(12-15)18(24)14-21-7-9-22(10-8-21)19(25)17-5-3-4-6-20-17;;/h15-17,20H,3-14H2,1-2H3;2*1H. The zero-order chi connectivity index (χ0) is 17.8. The highest BCUT2D eigenvalue weighted by atomic mass is 35.5. The van der Waals surface area contributed by atoms with Gasteiger partial charge in [0, 0.05) is 39.3 Å². The van der Waals surface area contributed by atoms with Crippen LogP contribution in [0.4, 0.5) is 0 Å². The van der Waals surface area contributed by atoms with Crippen molar-refractivity contribution in [3.63, 3.8) is 0 Å². The van der Waals surface area contributed by atoms with Crippen LogP contribution >= 0.6 is 24.8 Å². The third-order valence-corrected chi connectivity index (χ3v) is 5.87. The summed E-state index contributed by atoms with van der Waals surface area (Å²) in [6.45, 7) is 10.8. The van der Waals surface area contributed by atoms with E-state index in [4.69, 9.17) is 0 Å². The number of piperidine rings is 2. The second-order valence-electron chi connectivity index (χ2n) is 8.35. The van der Waals surface area contributed by atoms with Gasteiger partial charge in [-0.3, -0.25) is 14.5 Å². The molecule has 3 fully saturated rings. The van der Waals surface area contributed by atoms with Crippen molar-refractivity contribution in [1.29, 1.82) is 0 Å². The van der Waals surface area contributed by atoms with Gasteiger partial charge in [0.1, 0.15) is 0 Å². The van der Waals surface area contributed by atoms with Crippen LogP contribution in [0.2, 0.25) is 0 Å². The lowest BCUT2D eigenvalue weighted by atomic mass is 9.92. The zero-order valence-electron chi connectivity index (χ0n) is 16.7.